The third-order valence-corrected chi connectivity index (χ3v) is 2.82. The van der Waals surface area contributed by atoms with Gasteiger partial charge in [-0.05, 0) is 18.2 Å². The molecule has 3 amide bonds. The zero-order valence-corrected chi connectivity index (χ0v) is 11.3. The van der Waals surface area contributed by atoms with Crippen molar-refractivity contribution in [3.63, 3.8) is 0 Å². The van der Waals surface area contributed by atoms with Crippen molar-refractivity contribution in [3.8, 4) is 0 Å². The van der Waals surface area contributed by atoms with Crippen molar-refractivity contribution in [1.29, 1.82) is 0 Å². The minimum absolute atomic E-state index is 0.304. The van der Waals surface area contributed by atoms with Crippen molar-refractivity contribution in [1.82, 2.24) is 20.2 Å². The number of hydrogen-bond donors (Lipinski definition) is 2. The second-order valence-electron chi connectivity index (χ2n) is 3.97. The summed E-state index contributed by atoms with van der Waals surface area (Å²) in [5, 5.41) is 5.02. The van der Waals surface area contributed by atoms with Crippen LogP contribution in [0, 0.1) is 0 Å². The Morgan fingerprint density at radius 3 is 2.85 bits per heavy atom. The fraction of sp³-hybridized carbons (Fsp3) is 0.167. The van der Waals surface area contributed by atoms with Gasteiger partial charge >= 0.3 is 6.03 Å². The molecule has 2 N–H and O–H groups in total. The van der Waals surface area contributed by atoms with E-state index < -0.39 is 17.5 Å². The van der Waals surface area contributed by atoms with E-state index in [9.17, 15) is 14.4 Å². The summed E-state index contributed by atoms with van der Waals surface area (Å²) in [7, 11) is 1.38. The van der Waals surface area contributed by atoms with Gasteiger partial charge in [0.25, 0.3) is 5.56 Å². The predicted molar refractivity (Wildman–Crippen MR) is 73.6 cm³/mol. The van der Waals surface area contributed by atoms with Crippen LogP contribution in [0.25, 0.3) is 10.9 Å². The molecule has 0 fully saturated rings. The van der Waals surface area contributed by atoms with Crippen LogP contribution < -0.4 is 16.2 Å². The van der Waals surface area contributed by atoms with Crippen LogP contribution in [0.4, 0.5) is 4.79 Å². The first-order valence-electron chi connectivity index (χ1n) is 5.67. The van der Waals surface area contributed by atoms with E-state index in [2.05, 4.69) is 15.6 Å². The Balaban J connectivity index is 2.32. The number of carbonyl (C=O) groups is 2. The molecule has 1 aromatic carbocycles. The number of hydrogen-bond acceptors (Lipinski definition) is 4. The Hall–Kier alpha value is -2.41. The predicted octanol–water partition coefficient (Wildman–Crippen LogP) is 0.506. The van der Waals surface area contributed by atoms with Crippen LogP contribution >= 0.6 is 11.6 Å². The van der Waals surface area contributed by atoms with Gasteiger partial charge in [-0.15, -0.1) is 0 Å². The highest BCUT2D eigenvalue weighted by molar-refractivity contribution is 6.31. The number of imide groups is 1. The summed E-state index contributed by atoms with van der Waals surface area (Å²) in [4.78, 5) is 38.8. The van der Waals surface area contributed by atoms with Gasteiger partial charge in [0.15, 0.2) is 0 Å². The van der Waals surface area contributed by atoms with Crippen LogP contribution in [-0.4, -0.2) is 28.5 Å². The average molecular weight is 295 g/mol. The molecule has 0 bridgehead atoms. The lowest BCUT2D eigenvalue weighted by atomic mass is 10.2. The molecule has 0 atom stereocenters. The van der Waals surface area contributed by atoms with E-state index >= 15 is 0 Å². The minimum atomic E-state index is -0.639. The summed E-state index contributed by atoms with van der Waals surface area (Å²) in [6.45, 7) is -0.304. The Bertz CT molecular complexity index is 741. The van der Waals surface area contributed by atoms with E-state index in [-0.39, 0.29) is 6.54 Å². The maximum absolute atomic E-state index is 12.2. The molecule has 104 valence electrons. The number of carbonyl (C=O) groups excluding carboxylic acids is 2. The maximum atomic E-state index is 12.2. The monoisotopic (exact) mass is 294 g/mol. The third-order valence-electron chi connectivity index (χ3n) is 2.58. The van der Waals surface area contributed by atoms with Crippen LogP contribution in [0.15, 0.2) is 29.3 Å². The van der Waals surface area contributed by atoms with Crippen molar-refractivity contribution >= 4 is 34.4 Å². The van der Waals surface area contributed by atoms with Gasteiger partial charge in [0.2, 0.25) is 5.91 Å². The van der Waals surface area contributed by atoms with Crippen LogP contribution in [0.5, 0.6) is 0 Å². The highest BCUT2D eigenvalue weighted by Crippen LogP contribution is 2.13. The maximum Gasteiger partial charge on any atom is 0.321 e. The molecule has 1 heterocycles. The van der Waals surface area contributed by atoms with Crippen LogP contribution in [-0.2, 0) is 11.3 Å². The zero-order valence-electron chi connectivity index (χ0n) is 10.5. The lowest BCUT2D eigenvalue weighted by Gasteiger charge is -2.07. The van der Waals surface area contributed by atoms with Crippen molar-refractivity contribution in [2.45, 2.75) is 6.54 Å². The fourth-order valence-corrected chi connectivity index (χ4v) is 1.80. The molecule has 0 saturated carbocycles. The lowest BCUT2D eigenvalue weighted by molar-refractivity contribution is -0.120. The number of nitrogens with zero attached hydrogens (tertiary/aromatic N) is 2. The molecule has 8 heteroatoms. The van der Waals surface area contributed by atoms with Gasteiger partial charge in [-0.1, -0.05) is 11.6 Å². The molecule has 0 unspecified atom stereocenters. The smallest absolute Gasteiger partial charge is 0.321 e. The Morgan fingerprint density at radius 1 is 1.40 bits per heavy atom. The second-order valence-corrected chi connectivity index (χ2v) is 4.40. The minimum Gasteiger partial charge on any atom is -0.341 e. The van der Waals surface area contributed by atoms with Gasteiger partial charge in [-0.3, -0.25) is 19.5 Å². The first kappa shape index (κ1) is 14.0. The molecule has 0 aliphatic rings. The molecule has 2 rings (SSSR count). The number of fused-ring (bicyclic) bond motifs is 1. The largest absolute Gasteiger partial charge is 0.341 e. The molecule has 0 aliphatic carbocycles. The molecule has 0 spiro atoms. The van der Waals surface area contributed by atoms with Gasteiger partial charge in [0, 0.05) is 12.1 Å². The Morgan fingerprint density at radius 2 is 2.15 bits per heavy atom. The molecule has 0 radical (unpaired) electrons. The molecule has 0 aliphatic heterocycles. The molecule has 1 aromatic heterocycles. The molecule has 0 saturated heterocycles. The number of rotatable bonds is 2. The van der Waals surface area contributed by atoms with E-state index in [1.807, 2.05) is 0 Å². The van der Waals surface area contributed by atoms with Crippen molar-refractivity contribution < 1.29 is 9.59 Å². The van der Waals surface area contributed by atoms with E-state index in [1.165, 1.54) is 19.4 Å². The van der Waals surface area contributed by atoms with Gasteiger partial charge in [0.05, 0.1) is 17.2 Å². The quantitative estimate of drug-likeness (QED) is 0.844. The molecular weight excluding hydrogens is 284 g/mol. The number of aromatic nitrogens is 2. The van der Waals surface area contributed by atoms with Crippen LogP contribution in [0.2, 0.25) is 5.02 Å². The van der Waals surface area contributed by atoms with E-state index in [0.717, 1.165) is 4.57 Å². The normalized spacial score (nSPS) is 10.3. The second kappa shape index (κ2) is 5.70. The summed E-state index contributed by atoms with van der Waals surface area (Å²) in [5.41, 5.74) is 0.0897. The van der Waals surface area contributed by atoms with Crippen LogP contribution in [0.3, 0.4) is 0 Å². The van der Waals surface area contributed by atoms with E-state index in [4.69, 9.17) is 11.6 Å². The van der Waals surface area contributed by atoms with Crippen molar-refractivity contribution in [2.24, 2.45) is 0 Å². The number of halogens is 1. The van der Waals surface area contributed by atoms with Gasteiger partial charge in [-0.25, -0.2) is 9.78 Å². The summed E-state index contributed by atoms with van der Waals surface area (Å²) < 4.78 is 1.11. The topological polar surface area (TPSA) is 93.1 Å². The summed E-state index contributed by atoms with van der Waals surface area (Å²) in [6.07, 6.45) is 1.25. The molecular formula is C12H11ClN4O3. The number of nitrogens with one attached hydrogen (secondary N) is 2. The number of benzene rings is 1. The summed E-state index contributed by atoms with van der Waals surface area (Å²) in [5.74, 6) is -0.616. The van der Waals surface area contributed by atoms with E-state index in [1.54, 1.807) is 12.1 Å². The van der Waals surface area contributed by atoms with Gasteiger partial charge < -0.3 is 5.32 Å². The number of amides is 3. The summed E-state index contributed by atoms with van der Waals surface area (Å²) >= 11 is 5.83. The van der Waals surface area contributed by atoms with Crippen molar-refractivity contribution in [2.75, 3.05) is 7.05 Å². The van der Waals surface area contributed by atoms with Crippen LogP contribution in [0.1, 0.15) is 0 Å². The SMILES string of the molecule is CNC(=O)NC(=O)Cn1cnc2ccc(Cl)cc2c1=O. The Labute approximate surface area is 118 Å². The highest BCUT2D eigenvalue weighted by Gasteiger charge is 2.10. The first-order valence-corrected chi connectivity index (χ1v) is 6.05. The molecule has 20 heavy (non-hydrogen) atoms. The Kier molecular flexibility index (Phi) is 3.99. The van der Waals surface area contributed by atoms with Gasteiger partial charge in [-0.2, -0.15) is 0 Å². The fourth-order valence-electron chi connectivity index (χ4n) is 1.63. The lowest BCUT2D eigenvalue weighted by Crippen LogP contribution is -2.40. The molecule has 7 nitrogen and oxygen atoms in total. The summed E-state index contributed by atoms with van der Waals surface area (Å²) in [6, 6.07) is 4.09. The zero-order chi connectivity index (χ0) is 14.7. The van der Waals surface area contributed by atoms with Crippen molar-refractivity contribution in [3.05, 3.63) is 39.9 Å². The first-order chi connectivity index (χ1) is 9.51. The number of urea groups is 1. The molecule has 2 aromatic rings. The standard InChI is InChI=1S/C12H11ClN4O3/c1-14-12(20)16-10(18)5-17-6-15-9-3-2-7(13)4-8(9)11(17)19/h2-4,6H,5H2,1H3,(H2,14,16,18,20). The van der Waals surface area contributed by atoms with Gasteiger partial charge in [0.1, 0.15) is 6.54 Å². The van der Waals surface area contributed by atoms with E-state index in [0.29, 0.717) is 15.9 Å². The highest BCUT2D eigenvalue weighted by atomic mass is 35.5. The third kappa shape index (κ3) is 2.94. The average Bonchev–Trinajstić information content (AvgIpc) is 2.42.